The van der Waals surface area contributed by atoms with E-state index in [0.717, 1.165) is 13.0 Å². The van der Waals surface area contributed by atoms with E-state index in [1.54, 1.807) is 35.6 Å². The third-order valence-corrected chi connectivity index (χ3v) is 2.30. The quantitative estimate of drug-likeness (QED) is 0.380. The zero-order valence-corrected chi connectivity index (χ0v) is 12.9. The van der Waals surface area contributed by atoms with Crippen molar-refractivity contribution in [3.8, 4) is 0 Å². The average molecular weight is 255 g/mol. The number of hydrogen-bond acceptors (Lipinski definition) is 4. The maximum atomic E-state index is 11.9. The molecule has 0 bridgehead atoms. The molecule has 0 aliphatic carbocycles. The van der Waals surface area contributed by atoms with Crippen molar-refractivity contribution in [2.45, 2.75) is 6.42 Å². The number of ketones is 1. The van der Waals surface area contributed by atoms with Gasteiger partial charge in [0.2, 0.25) is 0 Å². The number of hydrogen-bond donors (Lipinski definition) is 0. The molecule has 1 aromatic rings. The molecular formula is C12H12KN2O2-. The van der Waals surface area contributed by atoms with Gasteiger partial charge in [-0.2, -0.15) is 0 Å². The van der Waals surface area contributed by atoms with Crippen molar-refractivity contribution < 1.29 is 61.7 Å². The van der Waals surface area contributed by atoms with Gasteiger partial charge < -0.3 is 15.2 Å². The first kappa shape index (κ1) is 16.7. The van der Waals surface area contributed by atoms with Gasteiger partial charge in [-0.25, -0.2) is 0 Å². The topological polar surface area (TPSA) is 63.2 Å². The van der Waals surface area contributed by atoms with Gasteiger partial charge in [0.15, 0.2) is 0 Å². The van der Waals surface area contributed by atoms with Gasteiger partial charge in [-0.15, -0.1) is 12.8 Å². The van der Waals surface area contributed by atoms with Gasteiger partial charge in [-0.1, -0.05) is 17.8 Å². The molecule has 1 aromatic heterocycles. The first-order chi connectivity index (χ1) is 7.31. The third-order valence-electron chi connectivity index (χ3n) is 2.30. The summed E-state index contributed by atoms with van der Waals surface area (Å²) >= 11 is 0. The minimum absolute atomic E-state index is 0. The maximum absolute atomic E-state index is 11.9. The van der Waals surface area contributed by atoms with Crippen LogP contribution >= 0.6 is 0 Å². The van der Waals surface area contributed by atoms with Crippen molar-refractivity contribution in [3.05, 3.63) is 54.6 Å². The van der Waals surface area contributed by atoms with Gasteiger partial charge in [0.25, 0.3) is 0 Å². The molecule has 2 heterocycles. The Labute approximate surface area is 143 Å². The Balaban J connectivity index is 0.00000128. The second-order valence-electron chi connectivity index (χ2n) is 3.29. The molecule has 0 radical (unpaired) electrons. The fourth-order valence-electron chi connectivity index (χ4n) is 1.49. The van der Waals surface area contributed by atoms with E-state index >= 15 is 0 Å². The van der Waals surface area contributed by atoms with Gasteiger partial charge in [0, 0.05) is 18.9 Å². The molecule has 0 amide bonds. The molecule has 1 aliphatic rings. The number of pyridine rings is 1. The SMILES string of the molecule is C=CN1[C-]=C(C(=O)c2cccnc2)CC1.[K+].[OH-]. The van der Waals surface area contributed by atoms with Crippen LogP contribution in [0.4, 0.5) is 0 Å². The number of nitrogens with zero attached hydrogens (tertiary/aromatic N) is 2. The van der Waals surface area contributed by atoms with Crippen LogP contribution in [0.1, 0.15) is 16.8 Å². The van der Waals surface area contributed by atoms with E-state index < -0.39 is 0 Å². The van der Waals surface area contributed by atoms with Crippen molar-refractivity contribution >= 4 is 5.78 Å². The third kappa shape index (κ3) is 4.13. The molecule has 0 atom stereocenters. The summed E-state index contributed by atoms with van der Waals surface area (Å²) in [7, 11) is 0. The smallest absolute Gasteiger partial charge is 0.870 e. The summed E-state index contributed by atoms with van der Waals surface area (Å²) in [5.41, 5.74) is 1.31. The monoisotopic (exact) mass is 255 g/mol. The number of carbonyl (C=O) groups excluding carboxylic acids is 1. The van der Waals surface area contributed by atoms with Crippen LogP contribution in [0.3, 0.4) is 0 Å². The van der Waals surface area contributed by atoms with Gasteiger partial charge in [-0.05, 0) is 18.1 Å². The van der Waals surface area contributed by atoms with Gasteiger partial charge in [0.05, 0.1) is 5.78 Å². The van der Waals surface area contributed by atoms with E-state index in [2.05, 4.69) is 17.8 Å². The molecule has 5 heteroatoms. The molecule has 17 heavy (non-hydrogen) atoms. The second kappa shape index (κ2) is 7.91. The van der Waals surface area contributed by atoms with E-state index in [-0.39, 0.29) is 62.6 Å². The van der Waals surface area contributed by atoms with Gasteiger partial charge in [-0.3, -0.25) is 4.98 Å². The zero-order chi connectivity index (χ0) is 10.7. The number of carbonyl (C=O) groups is 1. The molecule has 1 aliphatic heterocycles. The van der Waals surface area contributed by atoms with Crippen LogP contribution in [0, 0.1) is 6.20 Å². The van der Waals surface area contributed by atoms with Crippen molar-refractivity contribution in [3.63, 3.8) is 0 Å². The van der Waals surface area contributed by atoms with Crippen LogP contribution in [0.25, 0.3) is 0 Å². The molecule has 0 aromatic carbocycles. The summed E-state index contributed by atoms with van der Waals surface area (Å²) in [4.78, 5) is 17.6. The average Bonchev–Trinajstić information content (AvgIpc) is 2.78. The van der Waals surface area contributed by atoms with Crippen molar-refractivity contribution in [2.24, 2.45) is 0 Å². The van der Waals surface area contributed by atoms with Crippen LogP contribution < -0.4 is 51.4 Å². The molecule has 1 N–H and O–H groups in total. The van der Waals surface area contributed by atoms with Crippen molar-refractivity contribution in [1.82, 2.24) is 9.88 Å². The molecule has 0 fully saturated rings. The summed E-state index contributed by atoms with van der Waals surface area (Å²) in [5.74, 6) is 0.00690. The van der Waals surface area contributed by atoms with E-state index in [0.29, 0.717) is 11.1 Å². The number of rotatable bonds is 3. The molecule has 0 saturated heterocycles. The summed E-state index contributed by atoms with van der Waals surface area (Å²) < 4.78 is 0. The van der Waals surface area contributed by atoms with Crippen LogP contribution in [-0.4, -0.2) is 27.7 Å². The normalized spacial score (nSPS) is 13.2. The summed E-state index contributed by atoms with van der Waals surface area (Å²) in [6, 6.07) is 3.52. The van der Waals surface area contributed by atoms with E-state index in [4.69, 9.17) is 0 Å². The number of Topliss-reactive ketones (excluding diaryl/α,β-unsaturated/α-hetero) is 1. The standard InChI is InChI=1S/C12H11N2O.K.H2O/c1-2-14-7-5-11(9-14)12(15)10-4-3-6-13-8-10;;/h2-4,6,8H,1,5,7H2;;1H2/q-1;+1;/p-1. The Hall–Kier alpha value is -0.304. The Morgan fingerprint density at radius 1 is 1.59 bits per heavy atom. The number of aromatic nitrogens is 1. The Bertz CT molecular complexity index is 418. The maximum Gasteiger partial charge on any atom is 1.00 e. The van der Waals surface area contributed by atoms with Gasteiger partial charge in [0.1, 0.15) is 0 Å². The van der Waals surface area contributed by atoms with Crippen LogP contribution in [0.15, 0.2) is 42.9 Å². The van der Waals surface area contributed by atoms with Crippen LogP contribution in [-0.2, 0) is 0 Å². The predicted octanol–water partition coefficient (Wildman–Crippen LogP) is -1.37. The molecule has 84 valence electrons. The fraction of sp³-hybridized carbons (Fsp3) is 0.167. The van der Waals surface area contributed by atoms with Crippen molar-refractivity contribution in [1.29, 1.82) is 0 Å². The molecule has 2 rings (SSSR count). The van der Waals surface area contributed by atoms with E-state index in [1.165, 1.54) is 0 Å². The zero-order valence-electron chi connectivity index (χ0n) is 9.76. The van der Waals surface area contributed by atoms with Crippen LogP contribution in [0.2, 0.25) is 0 Å². The van der Waals surface area contributed by atoms with E-state index in [9.17, 15) is 4.79 Å². The van der Waals surface area contributed by atoms with Crippen LogP contribution in [0.5, 0.6) is 0 Å². The first-order valence-corrected chi connectivity index (χ1v) is 4.77. The second-order valence-corrected chi connectivity index (χ2v) is 3.29. The molecule has 0 saturated carbocycles. The summed E-state index contributed by atoms with van der Waals surface area (Å²) in [6.45, 7) is 4.42. The van der Waals surface area contributed by atoms with Crippen molar-refractivity contribution in [2.75, 3.05) is 6.54 Å². The van der Waals surface area contributed by atoms with E-state index in [1.807, 2.05) is 0 Å². The Kier molecular flexibility index (Phi) is 7.77. The fourth-order valence-corrected chi connectivity index (χ4v) is 1.49. The first-order valence-electron chi connectivity index (χ1n) is 4.77. The Morgan fingerprint density at radius 3 is 2.88 bits per heavy atom. The minimum atomic E-state index is 0. The summed E-state index contributed by atoms with van der Waals surface area (Å²) in [5, 5.41) is 0. The predicted molar refractivity (Wildman–Crippen MR) is 58.8 cm³/mol. The molecule has 0 unspecified atom stereocenters. The minimum Gasteiger partial charge on any atom is -0.870 e. The molecular weight excluding hydrogens is 243 g/mol. The molecule has 4 nitrogen and oxygen atoms in total. The molecule has 0 spiro atoms. The summed E-state index contributed by atoms with van der Waals surface area (Å²) in [6.07, 6.45) is 8.61. The van der Waals surface area contributed by atoms with Gasteiger partial charge >= 0.3 is 51.4 Å². The Morgan fingerprint density at radius 2 is 2.35 bits per heavy atom. The largest absolute Gasteiger partial charge is 1.00 e.